The van der Waals surface area contributed by atoms with Crippen LogP contribution in [0.5, 0.6) is 5.75 Å². The molecule has 168 valence electrons. The Balaban J connectivity index is 1.80. The van der Waals surface area contributed by atoms with Crippen LogP contribution in [0.15, 0.2) is 48.7 Å². The molecule has 0 aliphatic heterocycles. The van der Waals surface area contributed by atoms with Gasteiger partial charge in [-0.25, -0.2) is 9.97 Å². The number of aryl methyl sites for hydroxylation is 2. The average molecular weight is 444 g/mol. The fourth-order valence-electron chi connectivity index (χ4n) is 4.06. The first-order chi connectivity index (χ1) is 15.9. The number of carbonyl (C=O) groups is 1. The molecule has 0 atom stereocenters. The molecule has 1 amide bonds. The second-order valence-electron chi connectivity index (χ2n) is 7.84. The van der Waals surface area contributed by atoms with Gasteiger partial charge in [0.25, 0.3) is 0 Å². The number of nitrogens with one attached hydrogen (secondary N) is 2. The quantitative estimate of drug-likeness (QED) is 0.465. The molecule has 8 nitrogen and oxygen atoms in total. The third-order valence-corrected chi connectivity index (χ3v) is 5.77. The van der Waals surface area contributed by atoms with Crippen molar-refractivity contribution in [3.8, 4) is 5.75 Å². The Morgan fingerprint density at radius 1 is 1.21 bits per heavy atom. The first-order valence-electron chi connectivity index (χ1n) is 10.7. The summed E-state index contributed by atoms with van der Waals surface area (Å²) >= 11 is 0. The van der Waals surface area contributed by atoms with Crippen LogP contribution in [-0.4, -0.2) is 35.7 Å². The van der Waals surface area contributed by atoms with Gasteiger partial charge in [-0.05, 0) is 55.2 Å². The van der Waals surface area contributed by atoms with E-state index in [1.54, 1.807) is 18.2 Å². The predicted molar refractivity (Wildman–Crippen MR) is 129 cm³/mol. The highest BCUT2D eigenvalue weighted by molar-refractivity contribution is 6.29. The van der Waals surface area contributed by atoms with Crippen LogP contribution in [0.3, 0.4) is 0 Å². The molecule has 33 heavy (non-hydrogen) atoms. The van der Waals surface area contributed by atoms with Gasteiger partial charge >= 0.3 is 0 Å². The summed E-state index contributed by atoms with van der Waals surface area (Å²) in [6.45, 7) is 2.07. The third kappa shape index (κ3) is 4.33. The molecular weight excluding hydrogens is 416 g/mol. The highest BCUT2D eigenvalue weighted by Gasteiger charge is 2.28. The normalized spacial score (nSPS) is 14.5. The summed E-state index contributed by atoms with van der Waals surface area (Å²) in [5.74, 6) is 0.308. The predicted octanol–water partition coefficient (Wildman–Crippen LogP) is 2.66. The zero-order valence-electron chi connectivity index (χ0n) is 18.9. The topological polar surface area (TPSA) is 131 Å². The number of nitrogens with zero attached hydrogens (tertiary/aromatic N) is 2. The van der Waals surface area contributed by atoms with Crippen molar-refractivity contribution in [2.75, 3.05) is 19.5 Å². The number of aromatic nitrogens is 2. The molecule has 1 aliphatic rings. The van der Waals surface area contributed by atoms with E-state index in [1.165, 1.54) is 7.11 Å². The fourth-order valence-corrected chi connectivity index (χ4v) is 4.06. The van der Waals surface area contributed by atoms with Crippen LogP contribution in [0.4, 0.5) is 11.6 Å². The summed E-state index contributed by atoms with van der Waals surface area (Å²) in [5.41, 5.74) is 12.7. The Morgan fingerprint density at radius 3 is 2.70 bits per heavy atom. The lowest BCUT2D eigenvalue weighted by Crippen LogP contribution is -2.76. The number of hydrogen-bond acceptors (Lipinski definition) is 6. The van der Waals surface area contributed by atoms with Gasteiger partial charge in [-0.3, -0.25) is 4.79 Å². The van der Waals surface area contributed by atoms with Gasteiger partial charge in [-0.2, -0.15) is 0 Å². The Morgan fingerprint density at radius 2 is 2.00 bits per heavy atom. The van der Waals surface area contributed by atoms with Crippen LogP contribution < -0.4 is 21.1 Å². The van der Waals surface area contributed by atoms with Gasteiger partial charge in [0, 0.05) is 23.0 Å². The van der Waals surface area contributed by atoms with Crippen LogP contribution in [0.1, 0.15) is 39.2 Å². The van der Waals surface area contributed by atoms with Crippen molar-refractivity contribution >= 4 is 34.5 Å². The lowest BCUT2D eigenvalue weighted by Gasteiger charge is -2.22. The third-order valence-electron chi connectivity index (χ3n) is 5.77. The summed E-state index contributed by atoms with van der Waals surface area (Å²) in [4.78, 5) is 20.8. The highest BCUT2D eigenvalue weighted by atomic mass is 16.5. The number of quaternary nitrogens is 1. The number of ether oxygens (including phenoxy) is 1. The molecule has 1 aliphatic carbocycles. The van der Waals surface area contributed by atoms with Gasteiger partial charge in [0.15, 0.2) is 0 Å². The van der Waals surface area contributed by atoms with Gasteiger partial charge in [0.1, 0.15) is 11.4 Å². The fraction of sp³-hybridized carbons (Fsp3) is 0.200. The standard InChI is InChI=1S/C25H26N6O2/c1-14-6-4-5-7-17(14)23(28-2)21-18(26)10-8-16-13-29-25(31-22(16)21)30-19-11-9-15(24(27)32)12-20(19)33-3/h4-7,9,11-13,26,28H,8,10H2,1-3H3,(H2,27,32)(H,29,30,31)/p+1/b23-21+,26-18?. The smallest absolute Gasteiger partial charge is 0.248 e. The summed E-state index contributed by atoms with van der Waals surface area (Å²) in [5, 5.41) is 14.0. The van der Waals surface area contributed by atoms with Gasteiger partial charge in [0.05, 0.1) is 31.1 Å². The van der Waals surface area contributed by atoms with E-state index in [2.05, 4.69) is 29.4 Å². The number of fused-ring (bicyclic) bond motifs is 1. The van der Waals surface area contributed by atoms with Crippen molar-refractivity contribution < 1.29 is 14.8 Å². The van der Waals surface area contributed by atoms with E-state index in [0.717, 1.165) is 40.1 Å². The van der Waals surface area contributed by atoms with Crippen molar-refractivity contribution in [1.29, 1.82) is 5.41 Å². The largest absolute Gasteiger partial charge is 0.495 e. The molecule has 0 bridgehead atoms. The van der Waals surface area contributed by atoms with E-state index in [-0.39, 0.29) is 0 Å². The molecule has 0 radical (unpaired) electrons. The molecule has 4 rings (SSSR count). The van der Waals surface area contributed by atoms with Crippen LogP contribution in [0.2, 0.25) is 0 Å². The van der Waals surface area contributed by atoms with Crippen LogP contribution in [-0.2, 0) is 6.42 Å². The molecule has 0 saturated heterocycles. The zero-order valence-corrected chi connectivity index (χ0v) is 18.9. The van der Waals surface area contributed by atoms with E-state index in [9.17, 15) is 4.79 Å². The monoisotopic (exact) mass is 443 g/mol. The zero-order chi connectivity index (χ0) is 23.5. The summed E-state index contributed by atoms with van der Waals surface area (Å²) in [7, 11) is 3.51. The number of anilines is 2. The number of nitrogens with two attached hydrogens (primary N) is 2. The lowest BCUT2D eigenvalue weighted by molar-refractivity contribution is -0.529. The van der Waals surface area contributed by atoms with Gasteiger partial charge in [0.2, 0.25) is 11.9 Å². The average Bonchev–Trinajstić information content (AvgIpc) is 2.82. The van der Waals surface area contributed by atoms with Crippen molar-refractivity contribution in [1.82, 2.24) is 9.97 Å². The molecule has 1 heterocycles. The molecule has 0 fully saturated rings. The number of hydrogen-bond donors (Lipinski definition) is 4. The summed E-state index contributed by atoms with van der Waals surface area (Å²) in [6.07, 6.45) is 3.18. The molecule has 3 aromatic rings. The van der Waals surface area contributed by atoms with E-state index in [1.807, 2.05) is 30.7 Å². The summed E-state index contributed by atoms with van der Waals surface area (Å²) < 4.78 is 5.41. The van der Waals surface area contributed by atoms with Crippen molar-refractivity contribution in [2.45, 2.75) is 19.8 Å². The minimum Gasteiger partial charge on any atom is -0.495 e. The van der Waals surface area contributed by atoms with Crippen molar-refractivity contribution in [3.63, 3.8) is 0 Å². The molecule has 6 N–H and O–H groups in total. The Labute approximate surface area is 192 Å². The Hall–Kier alpha value is -4.04. The number of rotatable bonds is 6. The maximum atomic E-state index is 11.5. The molecule has 0 unspecified atom stereocenters. The maximum Gasteiger partial charge on any atom is 0.248 e. The van der Waals surface area contributed by atoms with E-state index in [0.29, 0.717) is 35.1 Å². The number of primary amides is 1. The second-order valence-corrected chi connectivity index (χ2v) is 7.84. The number of methoxy groups -OCH3 is 1. The molecule has 8 heteroatoms. The molecular formula is C25H27N6O2+. The lowest BCUT2D eigenvalue weighted by atomic mass is 9.87. The van der Waals surface area contributed by atoms with Gasteiger partial charge in [-0.1, -0.05) is 18.2 Å². The van der Waals surface area contributed by atoms with Gasteiger partial charge < -0.3 is 26.5 Å². The van der Waals surface area contributed by atoms with Crippen LogP contribution >= 0.6 is 0 Å². The van der Waals surface area contributed by atoms with Crippen molar-refractivity contribution in [3.05, 3.63) is 76.6 Å². The van der Waals surface area contributed by atoms with E-state index >= 15 is 0 Å². The summed E-state index contributed by atoms with van der Waals surface area (Å²) in [6, 6.07) is 13.1. The number of benzene rings is 2. The Bertz CT molecular complexity index is 1280. The molecule has 1 aromatic heterocycles. The molecule has 0 spiro atoms. The maximum absolute atomic E-state index is 11.5. The second kappa shape index (κ2) is 9.22. The van der Waals surface area contributed by atoms with Crippen LogP contribution in [0, 0.1) is 12.3 Å². The number of carbonyl (C=O) groups excluding carboxylic acids is 1. The van der Waals surface area contributed by atoms with E-state index < -0.39 is 5.91 Å². The Kier molecular flexibility index (Phi) is 6.19. The van der Waals surface area contributed by atoms with Crippen LogP contribution in [0.25, 0.3) is 11.3 Å². The van der Waals surface area contributed by atoms with E-state index in [4.69, 9.17) is 20.9 Å². The molecule has 0 saturated carbocycles. The first-order valence-corrected chi connectivity index (χ1v) is 10.7. The number of amides is 1. The first kappa shape index (κ1) is 22.2. The number of allylic oxidation sites excluding steroid dienone is 1. The minimum atomic E-state index is -0.530. The highest BCUT2D eigenvalue weighted by Crippen LogP contribution is 2.33. The van der Waals surface area contributed by atoms with Crippen molar-refractivity contribution in [2.24, 2.45) is 5.73 Å². The SMILES string of the molecule is C[NH2+]/C(=C1\C(=N)CCc2cnc(Nc3ccc(C(N)=O)cc3OC)nc21)c1ccccc1C. The molecule has 2 aromatic carbocycles. The van der Waals surface area contributed by atoms with Gasteiger partial charge in [-0.15, -0.1) is 0 Å². The minimum absolute atomic E-state index is 0.351.